The van der Waals surface area contributed by atoms with Crippen molar-refractivity contribution < 1.29 is 19.7 Å². The van der Waals surface area contributed by atoms with E-state index in [1.165, 1.54) is 0 Å². The summed E-state index contributed by atoms with van der Waals surface area (Å²) in [4.78, 5) is 4.32. The summed E-state index contributed by atoms with van der Waals surface area (Å²) in [5.41, 5.74) is 1.27. The first-order valence-corrected chi connectivity index (χ1v) is 6.84. The van der Waals surface area contributed by atoms with E-state index in [0.29, 0.717) is 27.1 Å². The van der Waals surface area contributed by atoms with Gasteiger partial charge in [0.25, 0.3) is 6.01 Å². The molecule has 106 valence electrons. The number of hydrogen-bond acceptors (Lipinski definition) is 5. The summed E-state index contributed by atoms with van der Waals surface area (Å²) in [7, 11) is 0. The van der Waals surface area contributed by atoms with Gasteiger partial charge in [0.05, 0.1) is 27.7 Å². The first-order chi connectivity index (χ1) is 9.60. The Morgan fingerprint density at radius 1 is 1.30 bits per heavy atom. The monoisotopic (exact) mass is 316 g/mol. The summed E-state index contributed by atoms with van der Waals surface area (Å²) in [6, 6.07) is 3.62. The van der Waals surface area contributed by atoms with Crippen LogP contribution in [-0.4, -0.2) is 44.7 Å². The second-order valence-electron chi connectivity index (χ2n) is 4.84. The highest BCUT2D eigenvalue weighted by molar-refractivity contribution is 6.42. The molecule has 1 aromatic carbocycles. The van der Waals surface area contributed by atoms with Gasteiger partial charge in [0.1, 0.15) is 12.2 Å². The molecule has 4 atom stereocenters. The summed E-state index contributed by atoms with van der Waals surface area (Å²) in [5, 5.41) is 20.2. The Bertz CT molecular complexity index is 704. The summed E-state index contributed by atoms with van der Waals surface area (Å²) >= 11 is 12.0. The lowest BCUT2D eigenvalue weighted by molar-refractivity contribution is -0.0510. The fourth-order valence-corrected chi connectivity index (χ4v) is 3.06. The number of halogens is 2. The number of nitrogens with zero attached hydrogens (tertiary/aromatic N) is 2. The maximum atomic E-state index is 10.2. The van der Waals surface area contributed by atoms with Crippen LogP contribution in [0.1, 0.15) is 6.23 Å². The Morgan fingerprint density at radius 3 is 2.80 bits per heavy atom. The number of ether oxygens (including phenoxy) is 2. The molecule has 6 nitrogen and oxygen atoms in total. The zero-order valence-electron chi connectivity index (χ0n) is 10.0. The van der Waals surface area contributed by atoms with Gasteiger partial charge in [-0.1, -0.05) is 23.2 Å². The molecule has 0 amide bonds. The van der Waals surface area contributed by atoms with Gasteiger partial charge in [-0.05, 0) is 12.1 Å². The molecular formula is C12H10Cl2N2O4. The molecule has 0 unspecified atom stereocenters. The van der Waals surface area contributed by atoms with Crippen molar-refractivity contribution in [2.75, 3.05) is 6.61 Å². The van der Waals surface area contributed by atoms with Crippen molar-refractivity contribution >= 4 is 34.2 Å². The number of imidazole rings is 1. The van der Waals surface area contributed by atoms with Gasteiger partial charge in [-0.2, -0.15) is 4.98 Å². The molecule has 4 rings (SSSR count). The molecular weight excluding hydrogens is 307 g/mol. The van der Waals surface area contributed by atoms with Crippen LogP contribution in [0.4, 0.5) is 0 Å². The number of fused-ring (bicyclic) bond motifs is 6. The van der Waals surface area contributed by atoms with Crippen LogP contribution < -0.4 is 4.74 Å². The van der Waals surface area contributed by atoms with Gasteiger partial charge >= 0.3 is 0 Å². The van der Waals surface area contributed by atoms with Crippen LogP contribution in [0.25, 0.3) is 11.0 Å². The van der Waals surface area contributed by atoms with Gasteiger partial charge in [-0.25, -0.2) is 0 Å². The van der Waals surface area contributed by atoms with E-state index in [-0.39, 0.29) is 6.61 Å². The van der Waals surface area contributed by atoms with E-state index in [0.717, 1.165) is 0 Å². The third-order valence-electron chi connectivity index (χ3n) is 3.68. The third-order valence-corrected chi connectivity index (χ3v) is 4.41. The molecule has 20 heavy (non-hydrogen) atoms. The van der Waals surface area contributed by atoms with Crippen molar-refractivity contribution in [1.29, 1.82) is 0 Å². The summed E-state index contributed by atoms with van der Waals surface area (Å²) in [6.07, 6.45) is -2.72. The van der Waals surface area contributed by atoms with Crippen LogP contribution in [-0.2, 0) is 4.74 Å². The largest absolute Gasteiger partial charge is 0.455 e. The molecule has 1 fully saturated rings. The number of rotatable bonds is 1. The molecule has 0 radical (unpaired) electrons. The van der Waals surface area contributed by atoms with Crippen molar-refractivity contribution in [3.63, 3.8) is 0 Å². The number of hydrogen-bond donors (Lipinski definition) is 2. The molecule has 0 spiro atoms. The predicted molar refractivity (Wildman–Crippen MR) is 71.2 cm³/mol. The SMILES string of the molecule is OC[C@@H]1O[C@H]2[C@H](O)[C@@H]1Oc1nc3cc(Cl)c(Cl)cc3n12. The van der Waals surface area contributed by atoms with Crippen LogP contribution in [0, 0.1) is 0 Å². The lowest BCUT2D eigenvalue weighted by atomic mass is 10.1. The molecule has 2 N–H and O–H groups in total. The average Bonchev–Trinajstić information content (AvgIpc) is 2.85. The highest BCUT2D eigenvalue weighted by Crippen LogP contribution is 2.42. The summed E-state index contributed by atoms with van der Waals surface area (Å²) < 4.78 is 12.9. The lowest BCUT2D eigenvalue weighted by Crippen LogP contribution is -2.42. The van der Waals surface area contributed by atoms with E-state index in [9.17, 15) is 10.2 Å². The van der Waals surface area contributed by atoms with E-state index in [1.54, 1.807) is 16.7 Å². The molecule has 1 aromatic heterocycles. The first kappa shape index (κ1) is 12.7. The second-order valence-corrected chi connectivity index (χ2v) is 5.65. The molecule has 2 aromatic rings. The van der Waals surface area contributed by atoms with E-state index in [2.05, 4.69) is 4.98 Å². The Hall–Kier alpha value is -1.05. The average molecular weight is 317 g/mol. The third kappa shape index (κ3) is 1.54. The zero-order valence-corrected chi connectivity index (χ0v) is 11.5. The quantitative estimate of drug-likeness (QED) is 0.830. The van der Waals surface area contributed by atoms with Gasteiger partial charge in [0, 0.05) is 0 Å². The lowest BCUT2D eigenvalue weighted by Gasteiger charge is -2.26. The number of aliphatic hydroxyl groups is 2. The number of aromatic nitrogens is 2. The van der Waals surface area contributed by atoms with Gasteiger partial charge in [0.2, 0.25) is 0 Å². The topological polar surface area (TPSA) is 76.7 Å². The Balaban J connectivity index is 1.92. The zero-order chi connectivity index (χ0) is 14.0. The fourth-order valence-electron chi connectivity index (χ4n) is 2.74. The van der Waals surface area contributed by atoms with Crippen LogP contribution in [0.15, 0.2) is 12.1 Å². The number of benzene rings is 1. The first-order valence-electron chi connectivity index (χ1n) is 6.08. The van der Waals surface area contributed by atoms with Crippen molar-refractivity contribution in [2.24, 2.45) is 0 Å². The van der Waals surface area contributed by atoms with E-state index in [1.807, 2.05) is 0 Å². The highest BCUT2D eigenvalue weighted by atomic mass is 35.5. The van der Waals surface area contributed by atoms with E-state index >= 15 is 0 Å². The predicted octanol–water partition coefficient (Wildman–Crippen LogP) is 1.35. The van der Waals surface area contributed by atoms with Gasteiger partial charge in [0.15, 0.2) is 12.3 Å². The Morgan fingerprint density at radius 2 is 2.05 bits per heavy atom. The molecule has 2 aliphatic rings. The second kappa shape index (κ2) is 4.22. The van der Waals surface area contributed by atoms with Crippen LogP contribution in [0.3, 0.4) is 0 Å². The Kier molecular flexibility index (Phi) is 2.68. The van der Waals surface area contributed by atoms with Crippen molar-refractivity contribution in [3.8, 4) is 6.01 Å². The van der Waals surface area contributed by atoms with Gasteiger partial charge < -0.3 is 19.7 Å². The molecule has 2 aliphatic heterocycles. The van der Waals surface area contributed by atoms with E-state index < -0.39 is 24.5 Å². The normalized spacial score (nSPS) is 31.4. The standard InChI is InChI=1S/C12H10Cl2N2O4/c13-4-1-6-7(2-5(4)14)16-11-9(18)10(8(3-17)19-11)20-12(16)15-6/h1-2,8-11,17-18H,3H2/t8-,9+,10+,11-/m0/s1. The molecule has 2 bridgehead atoms. The number of aliphatic hydroxyl groups excluding tert-OH is 2. The fraction of sp³-hybridized carbons (Fsp3) is 0.417. The minimum atomic E-state index is -0.869. The van der Waals surface area contributed by atoms with Crippen molar-refractivity contribution in [2.45, 2.75) is 24.5 Å². The maximum absolute atomic E-state index is 10.2. The summed E-state index contributed by atoms with van der Waals surface area (Å²) in [6.45, 7) is -0.229. The van der Waals surface area contributed by atoms with Crippen LogP contribution in [0.5, 0.6) is 6.01 Å². The highest BCUT2D eigenvalue weighted by Gasteiger charge is 2.51. The Labute approximate surface area is 123 Å². The van der Waals surface area contributed by atoms with Gasteiger partial charge in [-0.15, -0.1) is 0 Å². The smallest absolute Gasteiger partial charge is 0.300 e. The molecule has 8 heteroatoms. The summed E-state index contributed by atoms with van der Waals surface area (Å²) in [5.74, 6) is 0. The maximum Gasteiger partial charge on any atom is 0.300 e. The van der Waals surface area contributed by atoms with E-state index in [4.69, 9.17) is 32.7 Å². The minimum Gasteiger partial charge on any atom is -0.455 e. The van der Waals surface area contributed by atoms with Crippen LogP contribution in [0.2, 0.25) is 10.0 Å². The van der Waals surface area contributed by atoms with Crippen molar-refractivity contribution in [1.82, 2.24) is 9.55 Å². The molecule has 3 heterocycles. The van der Waals surface area contributed by atoms with Gasteiger partial charge in [-0.3, -0.25) is 4.57 Å². The molecule has 0 saturated carbocycles. The molecule has 1 saturated heterocycles. The minimum absolute atomic E-state index is 0.229. The van der Waals surface area contributed by atoms with Crippen molar-refractivity contribution in [3.05, 3.63) is 22.2 Å². The van der Waals surface area contributed by atoms with Crippen LogP contribution >= 0.6 is 23.2 Å². The molecule has 0 aliphatic carbocycles.